The van der Waals surface area contributed by atoms with Crippen molar-refractivity contribution in [2.24, 2.45) is 0 Å². The van der Waals surface area contributed by atoms with Crippen molar-refractivity contribution in [1.29, 1.82) is 0 Å². The highest BCUT2D eigenvalue weighted by Gasteiger charge is 2.19. The molecular weight excluding hydrogens is 300 g/mol. The maximum Gasteiger partial charge on any atom is 0.268 e. The third-order valence-corrected chi connectivity index (χ3v) is 4.96. The molecule has 0 atom stereocenters. The first-order valence-corrected chi connectivity index (χ1v) is 8.12. The first-order valence-electron chi connectivity index (χ1n) is 6.68. The zero-order valence-electron chi connectivity index (χ0n) is 11.9. The van der Waals surface area contributed by atoms with Gasteiger partial charge in [-0.1, -0.05) is 24.3 Å². The Kier molecular flexibility index (Phi) is 3.46. The van der Waals surface area contributed by atoms with Crippen LogP contribution in [-0.4, -0.2) is 18.3 Å². The van der Waals surface area contributed by atoms with Crippen LogP contribution in [0.3, 0.4) is 0 Å². The molecule has 3 rings (SSSR count). The van der Waals surface area contributed by atoms with E-state index in [9.17, 15) is 13.2 Å². The Labute approximate surface area is 128 Å². The number of carbonyl (C=O) groups is 1. The third kappa shape index (κ3) is 2.48. The van der Waals surface area contributed by atoms with E-state index in [1.807, 2.05) is 12.1 Å². The fraction of sp³-hybridized carbons (Fsp3) is 0.0625. The first kappa shape index (κ1) is 14.3. The summed E-state index contributed by atoms with van der Waals surface area (Å²) in [6, 6.07) is 15.2. The number of hydrogen-bond donors (Lipinski definition) is 1. The van der Waals surface area contributed by atoms with Gasteiger partial charge < -0.3 is 5.32 Å². The van der Waals surface area contributed by atoms with Gasteiger partial charge in [-0.2, -0.15) is 0 Å². The van der Waals surface area contributed by atoms with E-state index in [1.54, 1.807) is 30.3 Å². The Bertz CT molecular complexity index is 958. The molecule has 5 nitrogen and oxygen atoms in total. The lowest BCUT2D eigenvalue weighted by Crippen LogP contribution is -2.13. The lowest BCUT2D eigenvalue weighted by Gasteiger charge is -2.09. The molecule has 1 aromatic heterocycles. The number of anilines is 1. The van der Waals surface area contributed by atoms with Gasteiger partial charge in [0.05, 0.1) is 10.4 Å². The van der Waals surface area contributed by atoms with E-state index in [0.717, 1.165) is 5.39 Å². The summed E-state index contributed by atoms with van der Waals surface area (Å²) in [7, 11) is -3.72. The van der Waals surface area contributed by atoms with E-state index >= 15 is 0 Å². The summed E-state index contributed by atoms with van der Waals surface area (Å²) in [5, 5.41) is 3.44. The molecule has 0 aliphatic heterocycles. The van der Waals surface area contributed by atoms with Crippen LogP contribution in [0.1, 0.15) is 6.92 Å². The molecule has 0 saturated carbocycles. The van der Waals surface area contributed by atoms with Crippen molar-refractivity contribution in [3.05, 3.63) is 60.8 Å². The monoisotopic (exact) mass is 314 g/mol. The molecule has 2 aromatic carbocycles. The van der Waals surface area contributed by atoms with Crippen molar-refractivity contribution in [2.75, 3.05) is 5.32 Å². The van der Waals surface area contributed by atoms with Crippen LogP contribution in [0.5, 0.6) is 0 Å². The van der Waals surface area contributed by atoms with Gasteiger partial charge in [0.1, 0.15) is 0 Å². The van der Waals surface area contributed by atoms with Gasteiger partial charge in [0, 0.05) is 24.2 Å². The summed E-state index contributed by atoms with van der Waals surface area (Å²) in [6.45, 7) is 1.38. The lowest BCUT2D eigenvalue weighted by atomic mass is 10.3. The van der Waals surface area contributed by atoms with Gasteiger partial charge in [-0.25, -0.2) is 12.4 Å². The number of fused-ring (bicyclic) bond motifs is 1. The minimum absolute atomic E-state index is 0.125. The summed E-state index contributed by atoms with van der Waals surface area (Å²) in [5.41, 5.74) is 1.07. The number of rotatable bonds is 3. The van der Waals surface area contributed by atoms with Crippen LogP contribution in [0, 0.1) is 0 Å². The highest BCUT2D eigenvalue weighted by Crippen LogP contribution is 2.23. The van der Waals surface area contributed by atoms with Crippen LogP contribution >= 0.6 is 0 Å². The van der Waals surface area contributed by atoms with Gasteiger partial charge >= 0.3 is 0 Å². The zero-order valence-corrected chi connectivity index (χ0v) is 12.7. The molecule has 6 heteroatoms. The van der Waals surface area contributed by atoms with Crippen molar-refractivity contribution < 1.29 is 13.2 Å². The predicted molar refractivity (Wildman–Crippen MR) is 85.3 cm³/mol. The Hall–Kier alpha value is -2.60. The summed E-state index contributed by atoms with van der Waals surface area (Å²) < 4.78 is 26.8. The van der Waals surface area contributed by atoms with E-state index in [4.69, 9.17) is 0 Å². The second-order valence-corrected chi connectivity index (χ2v) is 6.70. The van der Waals surface area contributed by atoms with Crippen LogP contribution in [0.25, 0.3) is 10.9 Å². The van der Waals surface area contributed by atoms with Crippen LogP contribution < -0.4 is 5.32 Å². The zero-order chi connectivity index (χ0) is 15.7. The second-order valence-electron chi connectivity index (χ2n) is 4.88. The van der Waals surface area contributed by atoms with Crippen molar-refractivity contribution >= 4 is 32.5 Å². The topological polar surface area (TPSA) is 68.2 Å². The van der Waals surface area contributed by atoms with Crippen molar-refractivity contribution in [2.45, 2.75) is 11.8 Å². The second kappa shape index (κ2) is 5.31. The molecule has 0 aliphatic carbocycles. The maximum atomic E-state index is 12.8. The molecule has 1 amide bonds. The van der Waals surface area contributed by atoms with Crippen LogP contribution in [-0.2, 0) is 14.8 Å². The van der Waals surface area contributed by atoms with Gasteiger partial charge in [0.2, 0.25) is 5.91 Å². The Balaban J connectivity index is 2.12. The minimum atomic E-state index is -3.72. The number of nitrogens with one attached hydrogen (secondary N) is 1. The largest absolute Gasteiger partial charge is 0.326 e. The number of carbonyl (C=O) groups excluding carboxylic acids is 1. The minimum Gasteiger partial charge on any atom is -0.326 e. The van der Waals surface area contributed by atoms with Gasteiger partial charge in [0.15, 0.2) is 0 Å². The van der Waals surface area contributed by atoms with Gasteiger partial charge in [0.25, 0.3) is 10.0 Å². The fourth-order valence-electron chi connectivity index (χ4n) is 2.32. The van der Waals surface area contributed by atoms with Crippen molar-refractivity contribution in [1.82, 2.24) is 3.97 Å². The van der Waals surface area contributed by atoms with Gasteiger partial charge in [-0.05, 0) is 30.3 Å². The van der Waals surface area contributed by atoms with Crippen molar-refractivity contribution in [3.63, 3.8) is 0 Å². The number of aromatic nitrogens is 1. The molecule has 22 heavy (non-hydrogen) atoms. The fourth-order valence-corrected chi connectivity index (χ4v) is 3.72. The normalized spacial score (nSPS) is 11.5. The van der Waals surface area contributed by atoms with E-state index in [1.165, 1.54) is 29.2 Å². The molecule has 0 aliphatic rings. The van der Waals surface area contributed by atoms with E-state index in [2.05, 4.69) is 5.32 Å². The quantitative estimate of drug-likeness (QED) is 0.808. The average molecular weight is 314 g/mol. The van der Waals surface area contributed by atoms with Gasteiger partial charge in [-0.15, -0.1) is 0 Å². The first-order chi connectivity index (χ1) is 10.5. The third-order valence-electron chi connectivity index (χ3n) is 3.27. The van der Waals surface area contributed by atoms with Crippen LogP contribution in [0.15, 0.2) is 65.7 Å². The molecule has 1 heterocycles. The summed E-state index contributed by atoms with van der Waals surface area (Å²) >= 11 is 0. The number of para-hydroxylation sites is 1. The molecule has 112 valence electrons. The maximum absolute atomic E-state index is 12.8. The SMILES string of the molecule is CC(=O)Nc1cccc(S(=O)(=O)n2ccc3ccccc32)c1. The Morgan fingerprint density at radius 1 is 1.05 bits per heavy atom. The highest BCUT2D eigenvalue weighted by molar-refractivity contribution is 7.90. The van der Waals surface area contributed by atoms with E-state index in [-0.39, 0.29) is 10.8 Å². The number of hydrogen-bond acceptors (Lipinski definition) is 3. The molecule has 0 unspecified atom stereocenters. The number of nitrogens with zero attached hydrogens (tertiary/aromatic N) is 1. The molecule has 0 radical (unpaired) electrons. The molecule has 3 aromatic rings. The van der Waals surface area contributed by atoms with E-state index in [0.29, 0.717) is 11.2 Å². The van der Waals surface area contributed by atoms with Crippen LogP contribution in [0.4, 0.5) is 5.69 Å². The summed E-state index contributed by atoms with van der Waals surface area (Å²) in [4.78, 5) is 11.2. The molecule has 0 spiro atoms. The van der Waals surface area contributed by atoms with E-state index < -0.39 is 10.0 Å². The Morgan fingerprint density at radius 3 is 2.59 bits per heavy atom. The number of benzene rings is 2. The molecule has 1 N–H and O–H groups in total. The lowest BCUT2D eigenvalue weighted by molar-refractivity contribution is -0.114. The molecule has 0 fully saturated rings. The number of amides is 1. The summed E-state index contributed by atoms with van der Waals surface area (Å²) in [5.74, 6) is -0.249. The highest BCUT2D eigenvalue weighted by atomic mass is 32.2. The van der Waals surface area contributed by atoms with Crippen molar-refractivity contribution in [3.8, 4) is 0 Å². The predicted octanol–water partition coefficient (Wildman–Crippen LogP) is 2.84. The molecule has 0 bridgehead atoms. The molecular formula is C16H14N2O3S. The smallest absolute Gasteiger partial charge is 0.268 e. The standard InChI is InChI=1S/C16H14N2O3S/c1-12(19)17-14-6-4-7-15(11-14)22(20,21)18-10-9-13-5-2-3-8-16(13)18/h2-11H,1H3,(H,17,19). The average Bonchev–Trinajstić information content (AvgIpc) is 2.91. The van der Waals surface area contributed by atoms with Gasteiger partial charge in [-0.3, -0.25) is 4.79 Å². The molecule has 0 saturated heterocycles. The Morgan fingerprint density at radius 2 is 1.82 bits per heavy atom. The van der Waals surface area contributed by atoms with Crippen LogP contribution in [0.2, 0.25) is 0 Å². The summed E-state index contributed by atoms with van der Waals surface area (Å²) in [6.07, 6.45) is 1.53.